The summed E-state index contributed by atoms with van der Waals surface area (Å²) in [4.78, 5) is 31.2. The number of benzene rings is 1. The number of carbonyl (C=O) groups excluding carboxylic acids is 2. The van der Waals surface area contributed by atoms with Crippen LogP contribution in [0, 0.1) is 0 Å². The number of piperidine rings is 1. The summed E-state index contributed by atoms with van der Waals surface area (Å²) in [6.07, 6.45) is 3.29. The Hall–Kier alpha value is -2.08. The van der Waals surface area contributed by atoms with Crippen molar-refractivity contribution >= 4 is 12.0 Å². The Balaban J connectivity index is 1.35. The maximum atomic E-state index is 13.2. The molecule has 0 N–H and O–H groups in total. The molecule has 1 aromatic rings. The molecule has 0 saturated carbocycles. The number of amides is 2. The van der Waals surface area contributed by atoms with Gasteiger partial charge in [0.25, 0.3) is 0 Å². The maximum Gasteiger partial charge on any atom is 0.410 e. The van der Waals surface area contributed by atoms with Crippen molar-refractivity contribution in [1.29, 1.82) is 0 Å². The zero-order chi connectivity index (χ0) is 18.9. The van der Waals surface area contributed by atoms with Crippen LogP contribution in [0.5, 0.6) is 0 Å². The van der Waals surface area contributed by atoms with Crippen molar-refractivity contribution < 1.29 is 14.3 Å². The molecular formula is C21H29N3O3. The highest BCUT2D eigenvalue weighted by Crippen LogP contribution is 2.34. The van der Waals surface area contributed by atoms with Gasteiger partial charge in [-0.05, 0) is 31.9 Å². The molecule has 0 aromatic heterocycles. The highest BCUT2D eigenvalue weighted by molar-refractivity contribution is 5.82. The second kappa shape index (κ2) is 7.50. The average Bonchev–Trinajstić information content (AvgIpc) is 3.27. The minimum Gasteiger partial charge on any atom is -0.441 e. The van der Waals surface area contributed by atoms with Crippen LogP contribution in [-0.2, 0) is 16.1 Å². The molecule has 1 aromatic carbocycles. The summed E-state index contributed by atoms with van der Waals surface area (Å²) in [6.45, 7) is 6.48. The number of hydrogen-bond donors (Lipinski definition) is 0. The summed E-state index contributed by atoms with van der Waals surface area (Å²) in [6, 6.07) is 10.4. The largest absolute Gasteiger partial charge is 0.441 e. The fourth-order valence-corrected chi connectivity index (χ4v) is 4.65. The first-order valence-electron chi connectivity index (χ1n) is 10.1. The predicted octanol–water partition coefficient (Wildman–Crippen LogP) is 2.48. The van der Waals surface area contributed by atoms with E-state index in [2.05, 4.69) is 29.2 Å². The summed E-state index contributed by atoms with van der Waals surface area (Å²) in [5.74, 6) is 0.245. The average molecular weight is 371 g/mol. The van der Waals surface area contributed by atoms with Crippen molar-refractivity contribution in [2.75, 3.05) is 32.7 Å². The van der Waals surface area contributed by atoms with Crippen molar-refractivity contribution in [2.45, 2.75) is 50.8 Å². The summed E-state index contributed by atoms with van der Waals surface area (Å²) in [5, 5.41) is 0. The van der Waals surface area contributed by atoms with Gasteiger partial charge in [0.15, 0.2) is 0 Å². The van der Waals surface area contributed by atoms with Crippen LogP contribution in [0.3, 0.4) is 0 Å². The molecule has 3 saturated heterocycles. The first kappa shape index (κ1) is 18.3. The molecule has 3 aliphatic rings. The molecule has 27 heavy (non-hydrogen) atoms. The normalized spacial score (nSPS) is 25.2. The molecule has 1 spiro atoms. The van der Waals surface area contributed by atoms with Gasteiger partial charge >= 0.3 is 6.09 Å². The van der Waals surface area contributed by atoms with E-state index in [0.29, 0.717) is 26.2 Å². The van der Waals surface area contributed by atoms with E-state index in [1.807, 2.05) is 17.9 Å². The van der Waals surface area contributed by atoms with Crippen LogP contribution >= 0.6 is 0 Å². The molecule has 6 heteroatoms. The molecule has 0 unspecified atom stereocenters. The Morgan fingerprint density at radius 3 is 2.59 bits per heavy atom. The van der Waals surface area contributed by atoms with Crippen LogP contribution in [0.1, 0.15) is 38.2 Å². The molecule has 3 heterocycles. The van der Waals surface area contributed by atoms with Gasteiger partial charge in [-0.2, -0.15) is 0 Å². The van der Waals surface area contributed by atoms with E-state index in [1.54, 1.807) is 4.90 Å². The summed E-state index contributed by atoms with van der Waals surface area (Å²) >= 11 is 0. The molecule has 0 bridgehead atoms. The lowest BCUT2D eigenvalue weighted by molar-refractivity contribution is -0.139. The lowest BCUT2D eigenvalue weighted by Gasteiger charge is -2.39. The summed E-state index contributed by atoms with van der Waals surface area (Å²) in [7, 11) is 0. The van der Waals surface area contributed by atoms with E-state index in [4.69, 9.17) is 4.74 Å². The van der Waals surface area contributed by atoms with Gasteiger partial charge in [-0.3, -0.25) is 9.69 Å². The molecule has 146 valence electrons. The van der Waals surface area contributed by atoms with Gasteiger partial charge in [-0.1, -0.05) is 30.3 Å². The first-order chi connectivity index (χ1) is 13.1. The molecule has 0 aliphatic carbocycles. The van der Waals surface area contributed by atoms with E-state index >= 15 is 0 Å². The van der Waals surface area contributed by atoms with Crippen LogP contribution < -0.4 is 0 Å². The highest BCUT2D eigenvalue weighted by atomic mass is 16.6. The monoisotopic (exact) mass is 371 g/mol. The van der Waals surface area contributed by atoms with Crippen molar-refractivity contribution in [3.63, 3.8) is 0 Å². The van der Waals surface area contributed by atoms with Crippen molar-refractivity contribution in [3.05, 3.63) is 35.9 Å². The topological polar surface area (TPSA) is 53.1 Å². The Kier molecular flexibility index (Phi) is 5.08. The number of rotatable bonds is 4. The summed E-state index contributed by atoms with van der Waals surface area (Å²) in [5.41, 5.74) is 0.871. The zero-order valence-electron chi connectivity index (χ0n) is 16.1. The number of hydrogen-bond acceptors (Lipinski definition) is 4. The fraction of sp³-hybridized carbons (Fsp3) is 0.619. The van der Waals surface area contributed by atoms with E-state index in [9.17, 15) is 9.59 Å². The van der Waals surface area contributed by atoms with Crippen LogP contribution in [0.25, 0.3) is 0 Å². The van der Waals surface area contributed by atoms with Crippen molar-refractivity contribution in [1.82, 2.24) is 14.7 Å². The second-order valence-electron chi connectivity index (χ2n) is 8.00. The third-order valence-corrected chi connectivity index (χ3v) is 6.29. The molecule has 1 atom stereocenters. The number of likely N-dealkylation sites (tertiary alicyclic amines) is 2. The van der Waals surface area contributed by atoms with E-state index in [0.717, 1.165) is 38.8 Å². The van der Waals surface area contributed by atoms with Gasteiger partial charge in [-0.25, -0.2) is 4.79 Å². The number of nitrogens with zero attached hydrogens (tertiary/aromatic N) is 3. The van der Waals surface area contributed by atoms with Gasteiger partial charge in [0, 0.05) is 39.0 Å². The molecule has 4 rings (SSSR count). The summed E-state index contributed by atoms with van der Waals surface area (Å²) < 4.78 is 5.69. The molecule has 3 aliphatic heterocycles. The van der Waals surface area contributed by atoms with Gasteiger partial charge in [0.1, 0.15) is 5.60 Å². The van der Waals surface area contributed by atoms with Gasteiger partial charge in [-0.15, -0.1) is 0 Å². The van der Waals surface area contributed by atoms with Crippen LogP contribution in [0.4, 0.5) is 4.79 Å². The predicted molar refractivity (Wildman–Crippen MR) is 102 cm³/mol. The van der Waals surface area contributed by atoms with E-state index in [-0.39, 0.29) is 23.6 Å². The molecule has 0 radical (unpaired) electrons. The SMILES string of the molecule is CCN1CC2(CCN(C(=O)[C@@H]3CCCN3Cc3ccccc3)CC2)OC1=O. The molecule has 6 nitrogen and oxygen atoms in total. The molecule has 3 fully saturated rings. The van der Waals surface area contributed by atoms with E-state index < -0.39 is 0 Å². The highest BCUT2D eigenvalue weighted by Gasteiger charge is 2.47. The van der Waals surface area contributed by atoms with Crippen molar-refractivity contribution in [3.8, 4) is 0 Å². The Morgan fingerprint density at radius 2 is 1.93 bits per heavy atom. The minimum atomic E-state index is -0.386. The lowest BCUT2D eigenvalue weighted by atomic mass is 9.91. The third kappa shape index (κ3) is 3.68. The lowest BCUT2D eigenvalue weighted by Crippen LogP contribution is -2.53. The van der Waals surface area contributed by atoms with Crippen LogP contribution in [0.2, 0.25) is 0 Å². The first-order valence-corrected chi connectivity index (χ1v) is 10.1. The number of likely N-dealkylation sites (N-methyl/N-ethyl adjacent to an activating group) is 1. The van der Waals surface area contributed by atoms with Crippen LogP contribution in [-0.4, -0.2) is 71.1 Å². The number of carbonyl (C=O) groups is 2. The van der Waals surface area contributed by atoms with Gasteiger partial charge < -0.3 is 14.5 Å². The zero-order valence-corrected chi connectivity index (χ0v) is 16.1. The van der Waals surface area contributed by atoms with Crippen molar-refractivity contribution in [2.24, 2.45) is 0 Å². The maximum absolute atomic E-state index is 13.2. The minimum absolute atomic E-state index is 0.0162. The second-order valence-corrected chi connectivity index (χ2v) is 8.00. The van der Waals surface area contributed by atoms with Gasteiger partial charge in [0.05, 0.1) is 12.6 Å². The number of ether oxygens (including phenoxy) is 1. The van der Waals surface area contributed by atoms with Gasteiger partial charge in [0.2, 0.25) is 5.91 Å². The Bertz CT molecular complexity index is 685. The molecular weight excluding hydrogens is 342 g/mol. The van der Waals surface area contributed by atoms with E-state index in [1.165, 1.54) is 5.56 Å². The smallest absolute Gasteiger partial charge is 0.410 e. The fourth-order valence-electron chi connectivity index (χ4n) is 4.65. The third-order valence-electron chi connectivity index (χ3n) is 6.29. The van der Waals surface area contributed by atoms with Crippen LogP contribution in [0.15, 0.2) is 30.3 Å². The Labute approximate surface area is 161 Å². The standard InChI is InChI=1S/C21H29N3O3/c1-2-22-16-21(27-20(22)26)10-13-23(14-11-21)19(25)18-9-6-12-24(18)15-17-7-4-3-5-8-17/h3-5,7-8,18H,2,6,9-16H2,1H3/t18-/m0/s1. The molecule has 2 amide bonds. The Morgan fingerprint density at radius 1 is 1.19 bits per heavy atom. The quantitative estimate of drug-likeness (QED) is 0.816.